The lowest BCUT2D eigenvalue weighted by Gasteiger charge is -2.16. The van der Waals surface area contributed by atoms with E-state index >= 15 is 0 Å². The van der Waals surface area contributed by atoms with E-state index in [1.165, 1.54) is 20.0 Å². The number of rotatable bonds is 6. The summed E-state index contributed by atoms with van der Waals surface area (Å²) in [7, 11) is 1.51. The molecule has 4 nitrogen and oxygen atoms in total. The van der Waals surface area contributed by atoms with E-state index in [1.807, 2.05) is 0 Å². The Kier molecular flexibility index (Phi) is 4.43. The molecule has 1 saturated carbocycles. The SMILES string of the molecule is CCCC1(CNC(=O)c2cc(Cl)c(N)cc2OC)CC1. The molecule has 0 spiro atoms. The van der Waals surface area contributed by atoms with Crippen molar-refractivity contribution in [2.75, 3.05) is 19.4 Å². The van der Waals surface area contributed by atoms with Crippen molar-refractivity contribution in [3.05, 3.63) is 22.7 Å². The molecule has 1 aromatic carbocycles. The number of anilines is 1. The van der Waals surface area contributed by atoms with E-state index in [1.54, 1.807) is 12.1 Å². The van der Waals surface area contributed by atoms with Gasteiger partial charge in [-0.15, -0.1) is 0 Å². The van der Waals surface area contributed by atoms with E-state index in [2.05, 4.69) is 12.2 Å². The first-order chi connectivity index (χ1) is 9.51. The molecule has 0 heterocycles. The smallest absolute Gasteiger partial charge is 0.255 e. The second-order valence-electron chi connectivity index (χ2n) is 5.51. The second kappa shape index (κ2) is 5.92. The zero-order chi connectivity index (χ0) is 14.8. The van der Waals surface area contributed by atoms with Crippen LogP contribution in [0.5, 0.6) is 5.75 Å². The molecule has 110 valence electrons. The van der Waals surface area contributed by atoms with Gasteiger partial charge in [0.15, 0.2) is 0 Å². The number of nitrogens with one attached hydrogen (secondary N) is 1. The highest BCUT2D eigenvalue weighted by molar-refractivity contribution is 6.33. The van der Waals surface area contributed by atoms with Crippen LogP contribution in [-0.4, -0.2) is 19.6 Å². The van der Waals surface area contributed by atoms with Gasteiger partial charge < -0.3 is 15.8 Å². The number of hydrogen-bond donors (Lipinski definition) is 2. The maximum atomic E-state index is 12.3. The van der Waals surface area contributed by atoms with Crippen molar-refractivity contribution in [1.82, 2.24) is 5.32 Å². The Bertz CT molecular complexity index is 513. The van der Waals surface area contributed by atoms with Gasteiger partial charge in [-0.3, -0.25) is 4.79 Å². The first-order valence-electron chi connectivity index (χ1n) is 6.92. The summed E-state index contributed by atoms with van der Waals surface area (Å²) in [4.78, 5) is 12.3. The Balaban J connectivity index is 2.07. The predicted molar refractivity (Wildman–Crippen MR) is 81.3 cm³/mol. The number of hydrogen-bond acceptors (Lipinski definition) is 3. The molecule has 1 aliphatic carbocycles. The minimum atomic E-state index is -0.161. The summed E-state index contributed by atoms with van der Waals surface area (Å²) in [5.41, 5.74) is 6.87. The van der Waals surface area contributed by atoms with Gasteiger partial charge in [-0.1, -0.05) is 24.9 Å². The maximum absolute atomic E-state index is 12.3. The van der Waals surface area contributed by atoms with Crippen LogP contribution >= 0.6 is 11.6 Å². The van der Waals surface area contributed by atoms with E-state index in [4.69, 9.17) is 22.1 Å². The molecular formula is C15H21ClN2O2. The summed E-state index contributed by atoms with van der Waals surface area (Å²) >= 11 is 5.98. The predicted octanol–water partition coefficient (Wildman–Crippen LogP) is 3.24. The van der Waals surface area contributed by atoms with Crippen LogP contribution in [0.15, 0.2) is 12.1 Å². The fourth-order valence-electron chi connectivity index (χ4n) is 2.50. The number of carbonyl (C=O) groups excluding carboxylic acids is 1. The van der Waals surface area contributed by atoms with Gasteiger partial charge in [0.25, 0.3) is 5.91 Å². The lowest BCUT2D eigenvalue weighted by Crippen LogP contribution is -2.30. The Morgan fingerprint density at radius 3 is 2.75 bits per heavy atom. The molecule has 20 heavy (non-hydrogen) atoms. The molecule has 0 unspecified atom stereocenters. The molecule has 3 N–H and O–H groups in total. The summed E-state index contributed by atoms with van der Waals surface area (Å²) in [5.74, 6) is 0.288. The number of nitrogens with two attached hydrogens (primary N) is 1. The Morgan fingerprint density at radius 2 is 2.20 bits per heavy atom. The van der Waals surface area contributed by atoms with Crippen molar-refractivity contribution in [3.8, 4) is 5.75 Å². The van der Waals surface area contributed by atoms with Crippen LogP contribution in [-0.2, 0) is 0 Å². The van der Waals surface area contributed by atoms with Crippen LogP contribution in [0.1, 0.15) is 43.0 Å². The van der Waals surface area contributed by atoms with Crippen LogP contribution < -0.4 is 15.8 Å². The Morgan fingerprint density at radius 1 is 1.50 bits per heavy atom. The number of nitrogen functional groups attached to an aromatic ring is 1. The maximum Gasteiger partial charge on any atom is 0.255 e. The number of carbonyl (C=O) groups is 1. The number of benzene rings is 1. The highest BCUT2D eigenvalue weighted by atomic mass is 35.5. The van der Waals surface area contributed by atoms with Crippen LogP contribution in [0.25, 0.3) is 0 Å². The lowest BCUT2D eigenvalue weighted by molar-refractivity contribution is 0.0940. The summed E-state index contributed by atoms with van der Waals surface area (Å²) in [6.07, 6.45) is 4.70. The Labute approximate surface area is 124 Å². The van der Waals surface area contributed by atoms with Crippen molar-refractivity contribution >= 4 is 23.2 Å². The summed E-state index contributed by atoms with van der Waals surface area (Å²) in [6, 6.07) is 3.14. The topological polar surface area (TPSA) is 64.4 Å². The Hall–Kier alpha value is -1.42. The zero-order valence-corrected chi connectivity index (χ0v) is 12.7. The first kappa shape index (κ1) is 15.0. The van der Waals surface area contributed by atoms with Gasteiger partial charge in [-0.25, -0.2) is 0 Å². The highest BCUT2D eigenvalue weighted by Gasteiger charge is 2.41. The van der Waals surface area contributed by atoms with Crippen LogP contribution in [0.4, 0.5) is 5.69 Å². The molecule has 1 aliphatic rings. The summed E-state index contributed by atoms with van der Waals surface area (Å²) in [5, 5.41) is 3.36. The fraction of sp³-hybridized carbons (Fsp3) is 0.533. The minimum absolute atomic E-state index is 0.161. The third kappa shape index (κ3) is 3.18. The largest absolute Gasteiger partial charge is 0.496 e. The molecule has 0 radical (unpaired) electrons. The number of halogens is 1. The van der Waals surface area contributed by atoms with E-state index in [-0.39, 0.29) is 5.91 Å². The van der Waals surface area contributed by atoms with Gasteiger partial charge in [0, 0.05) is 12.6 Å². The van der Waals surface area contributed by atoms with Gasteiger partial charge >= 0.3 is 0 Å². The highest BCUT2D eigenvalue weighted by Crippen LogP contribution is 2.49. The molecule has 1 fully saturated rings. The van der Waals surface area contributed by atoms with Gasteiger partial charge in [0.1, 0.15) is 5.75 Å². The molecule has 0 atom stereocenters. The molecule has 5 heteroatoms. The molecule has 0 saturated heterocycles. The molecule has 1 aromatic rings. The van der Waals surface area contributed by atoms with Crippen molar-refractivity contribution in [2.24, 2.45) is 5.41 Å². The van der Waals surface area contributed by atoms with Crippen molar-refractivity contribution < 1.29 is 9.53 Å². The van der Waals surface area contributed by atoms with Crippen molar-refractivity contribution in [2.45, 2.75) is 32.6 Å². The van der Waals surface area contributed by atoms with Crippen LogP contribution in [0.2, 0.25) is 5.02 Å². The van der Waals surface area contributed by atoms with Crippen molar-refractivity contribution in [3.63, 3.8) is 0 Å². The quantitative estimate of drug-likeness (QED) is 0.792. The van der Waals surface area contributed by atoms with Gasteiger partial charge in [-0.2, -0.15) is 0 Å². The van der Waals surface area contributed by atoms with E-state index in [9.17, 15) is 4.79 Å². The van der Waals surface area contributed by atoms with Crippen molar-refractivity contribution in [1.29, 1.82) is 0 Å². The van der Waals surface area contributed by atoms with E-state index < -0.39 is 0 Å². The average molecular weight is 297 g/mol. The minimum Gasteiger partial charge on any atom is -0.496 e. The fourth-order valence-corrected chi connectivity index (χ4v) is 2.66. The number of amides is 1. The molecule has 1 amide bonds. The zero-order valence-electron chi connectivity index (χ0n) is 12.0. The molecule has 0 aromatic heterocycles. The van der Waals surface area contributed by atoms with Gasteiger partial charge in [0.2, 0.25) is 0 Å². The molecule has 0 aliphatic heterocycles. The third-order valence-corrected chi connectivity index (χ3v) is 4.25. The monoisotopic (exact) mass is 296 g/mol. The second-order valence-corrected chi connectivity index (χ2v) is 5.91. The normalized spacial score (nSPS) is 15.8. The van der Waals surface area contributed by atoms with Crippen LogP contribution in [0, 0.1) is 5.41 Å². The summed E-state index contributed by atoms with van der Waals surface area (Å²) < 4.78 is 5.20. The van der Waals surface area contributed by atoms with E-state index in [0.717, 1.165) is 12.8 Å². The van der Waals surface area contributed by atoms with Gasteiger partial charge in [0.05, 0.1) is 23.4 Å². The van der Waals surface area contributed by atoms with Gasteiger partial charge in [-0.05, 0) is 30.7 Å². The summed E-state index contributed by atoms with van der Waals surface area (Å²) in [6.45, 7) is 2.88. The number of ether oxygens (including phenoxy) is 1. The standard InChI is InChI=1S/C15H21ClN2O2/c1-3-4-15(5-6-15)9-18-14(19)10-7-11(16)12(17)8-13(10)20-2/h7-8H,3-6,9,17H2,1-2H3,(H,18,19). The first-order valence-corrected chi connectivity index (χ1v) is 7.30. The third-order valence-electron chi connectivity index (χ3n) is 3.92. The van der Waals surface area contributed by atoms with E-state index in [0.29, 0.717) is 34.0 Å². The number of methoxy groups -OCH3 is 1. The molecular weight excluding hydrogens is 276 g/mol. The van der Waals surface area contributed by atoms with Crippen LogP contribution in [0.3, 0.4) is 0 Å². The average Bonchev–Trinajstić information content (AvgIpc) is 3.19. The molecule has 2 rings (SSSR count). The molecule has 0 bridgehead atoms. The lowest BCUT2D eigenvalue weighted by atomic mass is 10.0.